The fourth-order valence-electron chi connectivity index (χ4n) is 8.23. The van der Waals surface area contributed by atoms with E-state index in [-0.39, 0.29) is 0 Å². The first-order valence-electron chi connectivity index (χ1n) is 20.2. The zero-order valence-electron chi connectivity index (χ0n) is 32.6. The summed E-state index contributed by atoms with van der Waals surface area (Å²) in [4.78, 5) is 20.1. The van der Waals surface area contributed by atoms with Crippen LogP contribution in [0.2, 0.25) is 0 Å². The van der Waals surface area contributed by atoms with Crippen LogP contribution in [0.15, 0.2) is 219 Å². The third kappa shape index (κ3) is 6.66. The number of pyridine rings is 1. The Bertz CT molecular complexity index is 3360. The van der Waals surface area contributed by atoms with Gasteiger partial charge < -0.3 is 0 Å². The smallest absolute Gasteiger partial charge is 0.164 e. The van der Waals surface area contributed by atoms with Gasteiger partial charge in [0.05, 0.1) is 5.52 Å². The lowest BCUT2D eigenvalue weighted by molar-refractivity contribution is 1.07. The normalized spacial score (nSPS) is 11.3. The Kier molecular flexibility index (Phi) is 8.79. The molecular formula is C56H36N4. The summed E-state index contributed by atoms with van der Waals surface area (Å²) >= 11 is 0. The minimum atomic E-state index is 0.627. The molecule has 0 bridgehead atoms. The zero-order valence-corrected chi connectivity index (χ0v) is 32.6. The maximum absolute atomic E-state index is 5.06. The van der Waals surface area contributed by atoms with Gasteiger partial charge in [-0.25, -0.2) is 15.0 Å². The highest BCUT2D eigenvalue weighted by Gasteiger charge is 2.14. The first-order chi connectivity index (χ1) is 29.7. The SMILES string of the molecule is c1ccc(-c2ccc(-c3nc(-c4ccccc4)nc(-c4cccc(-c5cccc(-c6cccc(-c7cnc8c(ccc9c%10ccccc%10ccc98)c7)c6)c5)c4)n3)cc2)cc1. The zero-order chi connectivity index (χ0) is 39.8. The molecule has 0 aliphatic rings. The van der Waals surface area contributed by atoms with Crippen LogP contribution in [0, 0.1) is 0 Å². The van der Waals surface area contributed by atoms with Crippen molar-refractivity contribution < 1.29 is 0 Å². The Balaban J connectivity index is 0.919. The third-order valence-corrected chi connectivity index (χ3v) is 11.3. The van der Waals surface area contributed by atoms with Crippen molar-refractivity contribution >= 4 is 32.4 Å². The molecule has 0 aliphatic heterocycles. The van der Waals surface area contributed by atoms with Crippen molar-refractivity contribution in [2.45, 2.75) is 0 Å². The van der Waals surface area contributed by atoms with E-state index < -0.39 is 0 Å². The van der Waals surface area contributed by atoms with E-state index in [2.05, 4.69) is 176 Å². The fraction of sp³-hybridized carbons (Fsp3) is 0. The number of benzene rings is 9. The average molecular weight is 765 g/mol. The van der Waals surface area contributed by atoms with Crippen LogP contribution in [0.4, 0.5) is 0 Å². The van der Waals surface area contributed by atoms with Gasteiger partial charge in [-0.05, 0) is 79.4 Å². The van der Waals surface area contributed by atoms with Crippen LogP contribution < -0.4 is 0 Å². The first kappa shape index (κ1) is 35.1. The Hall–Kier alpha value is -8.08. The Morgan fingerprint density at radius 3 is 1.32 bits per heavy atom. The second-order valence-corrected chi connectivity index (χ2v) is 15.1. The summed E-state index contributed by atoms with van der Waals surface area (Å²) in [5.74, 6) is 1.90. The van der Waals surface area contributed by atoms with Gasteiger partial charge in [0, 0.05) is 39.2 Å². The van der Waals surface area contributed by atoms with Gasteiger partial charge in [0.15, 0.2) is 17.5 Å². The van der Waals surface area contributed by atoms with E-state index in [4.69, 9.17) is 19.9 Å². The molecular weight excluding hydrogens is 729 g/mol. The number of rotatable bonds is 7. The number of aromatic nitrogens is 4. The molecule has 9 aromatic carbocycles. The highest BCUT2D eigenvalue weighted by atomic mass is 15.0. The summed E-state index contributed by atoms with van der Waals surface area (Å²) in [7, 11) is 0. The van der Waals surface area contributed by atoms with E-state index in [0.29, 0.717) is 17.5 Å². The van der Waals surface area contributed by atoms with Crippen LogP contribution in [-0.2, 0) is 0 Å². The molecule has 2 heterocycles. The molecule has 0 aliphatic carbocycles. The summed E-state index contributed by atoms with van der Waals surface area (Å²) < 4.78 is 0. The van der Waals surface area contributed by atoms with E-state index in [1.165, 1.54) is 27.1 Å². The highest BCUT2D eigenvalue weighted by molar-refractivity contribution is 6.16. The quantitative estimate of drug-likeness (QED) is 0.152. The van der Waals surface area contributed by atoms with Crippen molar-refractivity contribution in [3.05, 3.63) is 219 Å². The van der Waals surface area contributed by atoms with E-state index in [1.54, 1.807) is 0 Å². The number of hydrogen-bond acceptors (Lipinski definition) is 4. The topological polar surface area (TPSA) is 51.6 Å². The van der Waals surface area contributed by atoms with E-state index >= 15 is 0 Å². The van der Waals surface area contributed by atoms with Crippen molar-refractivity contribution in [3.63, 3.8) is 0 Å². The largest absolute Gasteiger partial charge is 0.255 e. The Morgan fingerprint density at radius 1 is 0.233 bits per heavy atom. The lowest BCUT2D eigenvalue weighted by Gasteiger charge is -2.11. The molecule has 0 fully saturated rings. The van der Waals surface area contributed by atoms with Gasteiger partial charge in [0.1, 0.15) is 0 Å². The Morgan fingerprint density at radius 2 is 0.667 bits per heavy atom. The van der Waals surface area contributed by atoms with Crippen LogP contribution in [-0.4, -0.2) is 19.9 Å². The molecule has 4 heteroatoms. The lowest BCUT2D eigenvalue weighted by atomic mass is 9.95. The van der Waals surface area contributed by atoms with Gasteiger partial charge in [-0.1, -0.05) is 188 Å². The predicted octanol–water partition coefficient (Wildman–Crippen LogP) is 14.4. The molecule has 280 valence electrons. The van der Waals surface area contributed by atoms with Crippen molar-refractivity contribution in [2.24, 2.45) is 0 Å². The van der Waals surface area contributed by atoms with Crippen LogP contribution in [0.1, 0.15) is 0 Å². The molecule has 0 N–H and O–H groups in total. The first-order valence-corrected chi connectivity index (χ1v) is 20.2. The highest BCUT2D eigenvalue weighted by Crippen LogP contribution is 2.35. The second-order valence-electron chi connectivity index (χ2n) is 15.1. The molecule has 11 rings (SSSR count). The molecule has 0 unspecified atom stereocenters. The van der Waals surface area contributed by atoms with Gasteiger partial charge in [-0.15, -0.1) is 0 Å². The monoisotopic (exact) mass is 764 g/mol. The van der Waals surface area contributed by atoms with Gasteiger partial charge in [-0.3, -0.25) is 4.98 Å². The molecule has 0 saturated carbocycles. The summed E-state index contributed by atoms with van der Waals surface area (Å²) in [5, 5.41) is 6.03. The molecule has 4 nitrogen and oxygen atoms in total. The van der Waals surface area contributed by atoms with Crippen LogP contribution in [0.5, 0.6) is 0 Å². The van der Waals surface area contributed by atoms with Crippen molar-refractivity contribution in [1.82, 2.24) is 19.9 Å². The molecule has 0 saturated heterocycles. The second kappa shape index (κ2) is 15.0. The van der Waals surface area contributed by atoms with Crippen molar-refractivity contribution in [1.29, 1.82) is 0 Å². The van der Waals surface area contributed by atoms with Gasteiger partial charge in [0.2, 0.25) is 0 Å². The Labute approximate surface area is 348 Å². The number of fused-ring (bicyclic) bond motifs is 5. The van der Waals surface area contributed by atoms with E-state index in [9.17, 15) is 0 Å². The van der Waals surface area contributed by atoms with Gasteiger partial charge >= 0.3 is 0 Å². The maximum atomic E-state index is 5.06. The maximum Gasteiger partial charge on any atom is 0.164 e. The van der Waals surface area contributed by atoms with E-state index in [0.717, 1.165) is 66.5 Å². The number of hydrogen-bond donors (Lipinski definition) is 0. The van der Waals surface area contributed by atoms with Crippen LogP contribution in [0.3, 0.4) is 0 Å². The standard InChI is InChI=1S/C56H36N4/c1-3-12-37(13-4-1)38-24-26-41(27-25-38)55-58-54(40-15-5-2-6-16-40)59-56(60-55)48-22-11-20-45(34-48)43-18-9-17-42(32-43)44-19-10-21-46(33-44)49-35-47-29-30-51-50-23-8-7-14-39(50)28-31-52(51)53(47)57-36-49/h1-36H. The van der Waals surface area contributed by atoms with Gasteiger partial charge in [0.25, 0.3) is 0 Å². The summed E-state index contributed by atoms with van der Waals surface area (Å²) in [6.07, 6.45) is 2.01. The van der Waals surface area contributed by atoms with Crippen molar-refractivity contribution in [3.8, 4) is 78.7 Å². The summed E-state index contributed by atoms with van der Waals surface area (Å²) in [6, 6.07) is 74.5. The fourth-order valence-corrected chi connectivity index (χ4v) is 8.23. The summed E-state index contributed by atoms with van der Waals surface area (Å²) in [5.41, 5.74) is 12.8. The number of nitrogens with zero attached hydrogens (tertiary/aromatic N) is 4. The summed E-state index contributed by atoms with van der Waals surface area (Å²) in [6.45, 7) is 0. The van der Waals surface area contributed by atoms with Crippen LogP contribution in [0.25, 0.3) is 111 Å². The molecule has 0 amide bonds. The minimum Gasteiger partial charge on any atom is -0.255 e. The molecule has 11 aromatic rings. The minimum absolute atomic E-state index is 0.627. The molecule has 0 spiro atoms. The van der Waals surface area contributed by atoms with Crippen LogP contribution >= 0.6 is 0 Å². The molecule has 2 aromatic heterocycles. The predicted molar refractivity (Wildman–Crippen MR) is 248 cm³/mol. The third-order valence-electron chi connectivity index (χ3n) is 11.3. The molecule has 0 atom stereocenters. The van der Waals surface area contributed by atoms with Gasteiger partial charge in [-0.2, -0.15) is 0 Å². The van der Waals surface area contributed by atoms with Crippen molar-refractivity contribution in [2.75, 3.05) is 0 Å². The van der Waals surface area contributed by atoms with E-state index in [1.807, 2.05) is 42.6 Å². The lowest BCUT2D eigenvalue weighted by Crippen LogP contribution is -2.00. The molecule has 0 radical (unpaired) electrons. The molecule has 60 heavy (non-hydrogen) atoms. The average Bonchev–Trinajstić information content (AvgIpc) is 3.34.